The Hall–Kier alpha value is -2.32. The Morgan fingerprint density at radius 3 is 2.65 bits per heavy atom. The van der Waals surface area contributed by atoms with Crippen molar-refractivity contribution in [1.82, 2.24) is 4.90 Å². The Bertz CT molecular complexity index is 559. The number of nitrogens with two attached hydrogens (primary N) is 1. The summed E-state index contributed by atoms with van der Waals surface area (Å²) in [6.45, 7) is 1.84. The monoisotopic (exact) mass is 273 g/mol. The van der Waals surface area contributed by atoms with Crippen molar-refractivity contribution in [3.8, 4) is 12.3 Å². The van der Waals surface area contributed by atoms with Crippen LogP contribution in [-0.4, -0.2) is 36.9 Å². The number of nitrogens with zero attached hydrogens (tertiary/aromatic N) is 1. The highest BCUT2D eigenvalue weighted by atomic mass is 16.2. The fourth-order valence-corrected chi connectivity index (χ4v) is 1.59. The first-order valence-electron chi connectivity index (χ1n) is 6.19. The van der Waals surface area contributed by atoms with E-state index in [9.17, 15) is 9.59 Å². The van der Waals surface area contributed by atoms with Gasteiger partial charge in [0, 0.05) is 31.8 Å². The van der Waals surface area contributed by atoms with Gasteiger partial charge in [-0.15, -0.1) is 12.3 Å². The number of amides is 2. The minimum absolute atomic E-state index is 0.131. The number of aryl methyl sites for hydroxylation is 1. The molecule has 0 aliphatic carbocycles. The van der Waals surface area contributed by atoms with Crippen molar-refractivity contribution < 1.29 is 9.59 Å². The zero-order valence-corrected chi connectivity index (χ0v) is 11.9. The third kappa shape index (κ3) is 3.84. The second kappa shape index (κ2) is 6.73. The Morgan fingerprint density at radius 1 is 1.45 bits per heavy atom. The highest BCUT2D eigenvalue weighted by Gasteiger charge is 2.15. The van der Waals surface area contributed by atoms with Crippen LogP contribution < -0.4 is 11.1 Å². The van der Waals surface area contributed by atoms with Gasteiger partial charge in [0.25, 0.3) is 5.91 Å². The summed E-state index contributed by atoms with van der Waals surface area (Å²) in [7, 11) is 3.34. The van der Waals surface area contributed by atoms with E-state index in [2.05, 4.69) is 11.2 Å². The third-order valence-electron chi connectivity index (χ3n) is 2.82. The number of hydrogen-bond acceptors (Lipinski definition) is 3. The Kier molecular flexibility index (Phi) is 5.30. The average molecular weight is 273 g/mol. The predicted octanol–water partition coefficient (Wildman–Crippen LogP) is 0.986. The number of terminal acetylenes is 1. The molecule has 1 aromatic rings. The molecule has 0 saturated heterocycles. The normalized spacial score (nSPS) is 11.3. The molecule has 2 amide bonds. The van der Waals surface area contributed by atoms with Gasteiger partial charge in [0.2, 0.25) is 5.91 Å². The number of benzene rings is 1. The van der Waals surface area contributed by atoms with Gasteiger partial charge in [-0.1, -0.05) is 6.07 Å². The van der Waals surface area contributed by atoms with E-state index in [4.69, 9.17) is 12.2 Å². The molecule has 106 valence electrons. The summed E-state index contributed by atoms with van der Waals surface area (Å²) in [4.78, 5) is 25.2. The van der Waals surface area contributed by atoms with Gasteiger partial charge in [-0.2, -0.15) is 0 Å². The standard InChI is InChI=1S/C15H19N3O2/c1-5-6-12(16)14(19)17-13-9-11(8-7-10(13)2)15(20)18(3)4/h1,7-9,12H,6,16H2,2-4H3,(H,17,19). The summed E-state index contributed by atoms with van der Waals surface area (Å²) in [5, 5.41) is 2.70. The van der Waals surface area contributed by atoms with Crippen LogP contribution >= 0.6 is 0 Å². The smallest absolute Gasteiger partial charge is 0.253 e. The molecule has 0 aromatic heterocycles. The number of carbonyl (C=O) groups excluding carboxylic acids is 2. The minimum atomic E-state index is -0.757. The molecule has 5 nitrogen and oxygen atoms in total. The van der Waals surface area contributed by atoms with E-state index in [-0.39, 0.29) is 18.2 Å². The molecule has 1 unspecified atom stereocenters. The molecule has 1 aromatic carbocycles. The molecule has 0 bridgehead atoms. The van der Waals surface area contributed by atoms with Crippen molar-refractivity contribution in [1.29, 1.82) is 0 Å². The zero-order chi connectivity index (χ0) is 15.3. The topological polar surface area (TPSA) is 75.4 Å². The first kappa shape index (κ1) is 15.7. The molecule has 0 spiro atoms. The molecule has 5 heteroatoms. The van der Waals surface area contributed by atoms with Gasteiger partial charge in [-0.05, 0) is 24.6 Å². The van der Waals surface area contributed by atoms with E-state index in [1.807, 2.05) is 6.92 Å². The Balaban J connectivity index is 2.96. The molecule has 0 saturated carbocycles. The number of anilines is 1. The molecular weight excluding hydrogens is 254 g/mol. The minimum Gasteiger partial charge on any atom is -0.345 e. The lowest BCUT2D eigenvalue weighted by Gasteiger charge is -2.15. The summed E-state index contributed by atoms with van der Waals surface area (Å²) in [6.07, 6.45) is 5.30. The molecule has 20 heavy (non-hydrogen) atoms. The molecular formula is C15H19N3O2. The molecule has 0 aliphatic rings. The van der Waals surface area contributed by atoms with E-state index < -0.39 is 6.04 Å². The van der Waals surface area contributed by atoms with Crippen LogP contribution in [0.4, 0.5) is 5.69 Å². The fourth-order valence-electron chi connectivity index (χ4n) is 1.59. The van der Waals surface area contributed by atoms with E-state index in [1.165, 1.54) is 4.90 Å². The van der Waals surface area contributed by atoms with E-state index >= 15 is 0 Å². The summed E-state index contributed by atoms with van der Waals surface area (Å²) in [6, 6.07) is 4.37. The van der Waals surface area contributed by atoms with E-state index in [1.54, 1.807) is 32.3 Å². The third-order valence-corrected chi connectivity index (χ3v) is 2.82. The van der Waals surface area contributed by atoms with Crippen LogP contribution in [0, 0.1) is 19.3 Å². The van der Waals surface area contributed by atoms with Gasteiger partial charge in [0.05, 0.1) is 6.04 Å². The Labute approximate surface area is 119 Å². The molecule has 0 heterocycles. The maximum atomic E-state index is 11.9. The van der Waals surface area contributed by atoms with Crippen LogP contribution in [0.25, 0.3) is 0 Å². The summed E-state index contributed by atoms with van der Waals surface area (Å²) >= 11 is 0. The van der Waals surface area contributed by atoms with Gasteiger partial charge in [-0.25, -0.2) is 0 Å². The van der Waals surface area contributed by atoms with Gasteiger partial charge in [0.15, 0.2) is 0 Å². The van der Waals surface area contributed by atoms with Crippen LogP contribution in [0.15, 0.2) is 18.2 Å². The predicted molar refractivity (Wildman–Crippen MR) is 79.3 cm³/mol. The van der Waals surface area contributed by atoms with Crippen molar-refractivity contribution in [2.45, 2.75) is 19.4 Å². The average Bonchev–Trinajstić information content (AvgIpc) is 2.40. The van der Waals surface area contributed by atoms with E-state index in [0.717, 1.165) is 5.56 Å². The van der Waals surface area contributed by atoms with Crippen molar-refractivity contribution in [3.05, 3.63) is 29.3 Å². The van der Waals surface area contributed by atoms with Crippen molar-refractivity contribution in [2.75, 3.05) is 19.4 Å². The Morgan fingerprint density at radius 2 is 2.10 bits per heavy atom. The first-order valence-corrected chi connectivity index (χ1v) is 6.19. The zero-order valence-electron chi connectivity index (χ0n) is 11.9. The number of rotatable bonds is 4. The van der Waals surface area contributed by atoms with Crippen LogP contribution in [0.3, 0.4) is 0 Å². The molecule has 0 aliphatic heterocycles. The van der Waals surface area contributed by atoms with Crippen molar-refractivity contribution in [3.63, 3.8) is 0 Å². The van der Waals surface area contributed by atoms with Gasteiger partial charge in [0.1, 0.15) is 0 Å². The SMILES string of the molecule is C#CCC(N)C(=O)Nc1cc(C(=O)N(C)C)ccc1C. The molecule has 0 fully saturated rings. The van der Waals surface area contributed by atoms with Crippen molar-refractivity contribution in [2.24, 2.45) is 5.73 Å². The quantitative estimate of drug-likeness (QED) is 0.803. The van der Waals surface area contributed by atoms with Crippen LogP contribution in [-0.2, 0) is 4.79 Å². The van der Waals surface area contributed by atoms with Crippen molar-refractivity contribution >= 4 is 17.5 Å². The number of carbonyl (C=O) groups is 2. The van der Waals surface area contributed by atoms with Gasteiger partial charge < -0.3 is 16.0 Å². The maximum Gasteiger partial charge on any atom is 0.253 e. The summed E-state index contributed by atoms with van der Waals surface area (Å²) in [5.41, 5.74) is 7.56. The van der Waals surface area contributed by atoms with Crippen LogP contribution in [0.2, 0.25) is 0 Å². The molecule has 1 rings (SSSR count). The van der Waals surface area contributed by atoms with E-state index in [0.29, 0.717) is 11.3 Å². The summed E-state index contributed by atoms with van der Waals surface area (Å²) < 4.78 is 0. The number of nitrogens with one attached hydrogen (secondary N) is 1. The summed E-state index contributed by atoms with van der Waals surface area (Å²) in [5.74, 6) is 1.85. The lowest BCUT2D eigenvalue weighted by molar-refractivity contribution is -0.117. The first-order chi connectivity index (χ1) is 9.36. The van der Waals surface area contributed by atoms with Gasteiger partial charge in [-0.3, -0.25) is 9.59 Å². The highest BCUT2D eigenvalue weighted by Crippen LogP contribution is 2.18. The second-order valence-corrected chi connectivity index (χ2v) is 4.73. The maximum absolute atomic E-state index is 11.9. The lowest BCUT2D eigenvalue weighted by atomic mass is 10.1. The second-order valence-electron chi connectivity index (χ2n) is 4.73. The number of hydrogen-bond donors (Lipinski definition) is 2. The lowest BCUT2D eigenvalue weighted by Crippen LogP contribution is -2.35. The fraction of sp³-hybridized carbons (Fsp3) is 0.333. The molecule has 1 atom stereocenters. The highest BCUT2D eigenvalue weighted by molar-refractivity contribution is 5.99. The van der Waals surface area contributed by atoms with Crippen LogP contribution in [0.5, 0.6) is 0 Å². The molecule has 3 N–H and O–H groups in total. The largest absolute Gasteiger partial charge is 0.345 e. The molecule has 0 radical (unpaired) electrons. The van der Waals surface area contributed by atoms with Gasteiger partial charge >= 0.3 is 0 Å². The van der Waals surface area contributed by atoms with Crippen LogP contribution in [0.1, 0.15) is 22.3 Å².